The summed E-state index contributed by atoms with van der Waals surface area (Å²) in [6.45, 7) is -2.96. The minimum atomic E-state index is -2.96. The van der Waals surface area contributed by atoms with Crippen molar-refractivity contribution in [1.82, 2.24) is 4.98 Å². The molecule has 0 radical (unpaired) electrons. The Morgan fingerprint density at radius 2 is 1.95 bits per heavy atom. The van der Waals surface area contributed by atoms with Gasteiger partial charge in [-0.15, -0.1) is 0 Å². The Kier molecular flexibility index (Phi) is 4.47. The van der Waals surface area contributed by atoms with Gasteiger partial charge in [-0.3, -0.25) is 4.98 Å². The van der Waals surface area contributed by atoms with Crippen LogP contribution >= 0.6 is 0 Å². The average molecular weight is 281 g/mol. The molecular weight excluding hydrogens is 268 g/mol. The number of pyridine rings is 1. The summed E-state index contributed by atoms with van der Waals surface area (Å²) in [5.41, 5.74) is 0.968. The second kappa shape index (κ2) is 6.29. The van der Waals surface area contributed by atoms with Crippen LogP contribution in [0.25, 0.3) is 0 Å². The van der Waals surface area contributed by atoms with E-state index in [2.05, 4.69) is 9.72 Å². The molecule has 0 aliphatic heterocycles. The van der Waals surface area contributed by atoms with Gasteiger partial charge in [-0.1, -0.05) is 12.1 Å². The number of aliphatic hydroxyl groups is 1. The van der Waals surface area contributed by atoms with E-state index < -0.39 is 12.7 Å². The summed E-state index contributed by atoms with van der Waals surface area (Å²) in [5.74, 6) is 0.0513. The number of ether oxygens (including phenoxy) is 2. The highest BCUT2D eigenvalue weighted by molar-refractivity contribution is 5.45. The summed E-state index contributed by atoms with van der Waals surface area (Å²) in [5, 5.41) is 10.2. The van der Waals surface area contributed by atoms with E-state index in [1.54, 1.807) is 24.4 Å². The van der Waals surface area contributed by atoms with Gasteiger partial charge < -0.3 is 14.6 Å². The number of hydrogen-bond donors (Lipinski definition) is 1. The van der Waals surface area contributed by atoms with Gasteiger partial charge in [0.2, 0.25) is 0 Å². The van der Waals surface area contributed by atoms with Crippen LogP contribution in [0.15, 0.2) is 42.7 Å². The Morgan fingerprint density at radius 3 is 2.55 bits per heavy atom. The molecule has 0 fully saturated rings. The summed E-state index contributed by atoms with van der Waals surface area (Å²) in [7, 11) is 1.35. The molecule has 1 unspecified atom stereocenters. The van der Waals surface area contributed by atoms with Crippen LogP contribution in [0, 0.1) is 0 Å². The summed E-state index contributed by atoms with van der Waals surface area (Å²) in [4.78, 5) is 3.90. The monoisotopic (exact) mass is 281 g/mol. The van der Waals surface area contributed by atoms with Crippen LogP contribution in [0.1, 0.15) is 17.2 Å². The first-order valence-corrected chi connectivity index (χ1v) is 5.82. The zero-order valence-electron chi connectivity index (χ0n) is 10.7. The molecule has 20 heavy (non-hydrogen) atoms. The Bertz CT molecular complexity index is 564. The molecule has 2 aromatic rings. The minimum absolute atomic E-state index is 0.122. The lowest BCUT2D eigenvalue weighted by Gasteiger charge is -2.15. The highest BCUT2D eigenvalue weighted by atomic mass is 19.3. The van der Waals surface area contributed by atoms with Crippen LogP contribution < -0.4 is 9.47 Å². The third-order valence-corrected chi connectivity index (χ3v) is 2.72. The fourth-order valence-corrected chi connectivity index (χ4v) is 1.78. The normalized spacial score (nSPS) is 12.2. The second-order valence-electron chi connectivity index (χ2n) is 3.98. The van der Waals surface area contributed by atoms with E-state index in [9.17, 15) is 13.9 Å². The van der Waals surface area contributed by atoms with E-state index in [4.69, 9.17) is 4.74 Å². The Morgan fingerprint density at radius 1 is 1.15 bits per heavy atom. The number of aromatic nitrogens is 1. The summed E-state index contributed by atoms with van der Waals surface area (Å²) < 4.78 is 34.0. The molecule has 1 atom stereocenters. The first-order valence-electron chi connectivity index (χ1n) is 5.82. The molecule has 6 heteroatoms. The van der Waals surface area contributed by atoms with Gasteiger partial charge in [-0.2, -0.15) is 8.78 Å². The Labute approximate surface area is 114 Å². The predicted molar refractivity (Wildman–Crippen MR) is 67.9 cm³/mol. The molecule has 0 spiro atoms. The molecule has 4 nitrogen and oxygen atoms in total. The zero-order chi connectivity index (χ0) is 14.5. The van der Waals surface area contributed by atoms with E-state index in [-0.39, 0.29) is 11.5 Å². The number of halogens is 2. The number of methoxy groups -OCH3 is 1. The lowest BCUT2D eigenvalue weighted by molar-refractivity contribution is -0.0513. The predicted octanol–water partition coefficient (Wildman–Crippen LogP) is 2.77. The maximum Gasteiger partial charge on any atom is 0.387 e. The van der Waals surface area contributed by atoms with Crippen molar-refractivity contribution in [2.45, 2.75) is 12.7 Å². The van der Waals surface area contributed by atoms with Crippen molar-refractivity contribution in [3.63, 3.8) is 0 Å². The van der Waals surface area contributed by atoms with Gasteiger partial charge in [0, 0.05) is 18.0 Å². The van der Waals surface area contributed by atoms with Crippen molar-refractivity contribution < 1.29 is 23.4 Å². The Hall–Kier alpha value is -2.21. The number of alkyl halides is 2. The van der Waals surface area contributed by atoms with Gasteiger partial charge >= 0.3 is 6.61 Å². The maximum atomic E-state index is 12.3. The number of rotatable bonds is 5. The van der Waals surface area contributed by atoms with Crippen LogP contribution in [0.2, 0.25) is 0 Å². The minimum Gasteiger partial charge on any atom is -0.493 e. The smallest absolute Gasteiger partial charge is 0.387 e. The molecule has 0 saturated heterocycles. The number of benzene rings is 1. The highest BCUT2D eigenvalue weighted by Crippen LogP contribution is 2.33. The topological polar surface area (TPSA) is 51.6 Å². The fraction of sp³-hybridized carbons (Fsp3) is 0.214. The van der Waals surface area contributed by atoms with Crippen molar-refractivity contribution in [1.29, 1.82) is 0 Å². The summed E-state index contributed by atoms with van der Waals surface area (Å²) in [6, 6.07) is 7.73. The van der Waals surface area contributed by atoms with E-state index >= 15 is 0 Å². The van der Waals surface area contributed by atoms with E-state index in [1.165, 1.54) is 25.4 Å². The number of aliphatic hydroxyl groups excluding tert-OH is 1. The van der Waals surface area contributed by atoms with Crippen LogP contribution in [0.4, 0.5) is 8.78 Å². The van der Waals surface area contributed by atoms with Crippen LogP contribution in [0.5, 0.6) is 11.5 Å². The number of nitrogens with zero attached hydrogens (tertiary/aromatic N) is 1. The van der Waals surface area contributed by atoms with Crippen LogP contribution in [0.3, 0.4) is 0 Å². The molecule has 0 saturated carbocycles. The lowest BCUT2D eigenvalue weighted by Crippen LogP contribution is -2.06. The molecule has 2 rings (SSSR count). The third kappa shape index (κ3) is 3.21. The second-order valence-corrected chi connectivity index (χ2v) is 3.98. The molecule has 1 heterocycles. The molecule has 1 aromatic carbocycles. The van der Waals surface area contributed by atoms with Crippen molar-refractivity contribution in [2.75, 3.05) is 7.11 Å². The van der Waals surface area contributed by atoms with E-state index in [1.807, 2.05) is 0 Å². The lowest BCUT2D eigenvalue weighted by atomic mass is 10.0. The van der Waals surface area contributed by atoms with E-state index in [0.717, 1.165) is 0 Å². The van der Waals surface area contributed by atoms with Gasteiger partial charge in [0.15, 0.2) is 11.5 Å². The Balaban J connectivity index is 2.33. The van der Waals surface area contributed by atoms with Crippen molar-refractivity contribution in [3.8, 4) is 11.5 Å². The molecule has 106 valence electrons. The van der Waals surface area contributed by atoms with Gasteiger partial charge in [0.1, 0.15) is 6.10 Å². The van der Waals surface area contributed by atoms with Gasteiger partial charge in [-0.05, 0) is 23.8 Å². The highest BCUT2D eigenvalue weighted by Gasteiger charge is 2.16. The molecule has 1 N–H and O–H groups in total. The molecular formula is C14H13F2NO3. The fourth-order valence-electron chi connectivity index (χ4n) is 1.78. The standard InChI is InChI=1S/C14H13F2NO3/c1-19-11-5-4-9(7-12(11)20-14(15)16)13(18)10-3-2-6-17-8-10/h2-8,13-14,18H,1H3. The summed E-state index contributed by atoms with van der Waals surface area (Å²) in [6.07, 6.45) is 2.10. The molecule has 0 aliphatic rings. The molecule has 0 amide bonds. The van der Waals surface area contributed by atoms with Crippen LogP contribution in [-0.2, 0) is 0 Å². The van der Waals surface area contributed by atoms with Crippen molar-refractivity contribution >= 4 is 0 Å². The third-order valence-electron chi connectivity index (χ3n) is 2.72. The van der Waals surface area contributed by atoms with Crippen LogP contribution in [-0.4, -0.2) is 23.8 Å². The molecule has 0 aliphatic carbocycles. The van der Waals surface area contributed by atoms with Crippen molar-refractivity contribution in [3.05, 3.63) is 53.9 Å². The molecule has 1 aromatic heterocycles. The zero-order valence-corrected chi connectivity index (χ0v) is 10.7. The summed E-state index contributed by atoms with van der Waals surface area (Å²) >= 11 is 0. The van der Waals surface area contributed by atoms with Gasteiger partial charge in [-0.25, -0.2) is 0 Å². The average Bonchev–Trinajstić information content (AvgIpc) is 2.46. The first-order chi connectivity index (χ1) is 9.61. The largest absolute Gasteiger partial charge is 0.493 e. The number of hydrogen-bond acceptors (Lipinski definition) is 4. The quantitative estimate of drug-likeness (QED) is 0.915. The van der Waals surface area contributed by atoms with E-state index in [0.29, 0.717) is 11.1 Å². The maximum absolute atomic E-state index is 12.3. The van der Waals surface area contributed by atoms with Gasteiger partial charge in [0.25, 0.3) is 0 Å². The van der Waals surface area contributed by atoms with Gasteiger partial charge in [0.05, 0.1) is 7.11 Å². The first kappa shape index (κ1) is 14.2. The van der Waals surface area contributed by atoms with Crippen molar-refractivity contribution in [2.24, 2.45) is 0 Å². The molecule has 0 bridgehead atoms. The SMILES string of the molecule is COc1ccc(C(O)c2cccnc2)cc1OC(F)F.